The number of aryl methyl sites for hydroxylation is 1. The zero-order chi connectivity index (χ0) is 25.4. The van der Waals surface area contributed by atoms with E-state index in [0.717, 1.165) is 35.8 Å². The predicted molar refractivity (Wildman–Crippen MR) is 148 cm³/mol. The molecule has 0 saturated carbocycles. The molecule has 2 N–H and O–H groups in total. The molecule has 1 heterocycles. The molecule has 0 unspecified atom stereocenters. The van der Waals surface area contributed by atoms with Gasteiger partial charge < -0.3 is 15.5 Å². The summed E-state index contributed by atoms with van der Waals surface area (Å²) >= 11 is 0. The fraction of sp³-hybridized carbons (Fsp3) is 0.379. The molecular formula is C29H38N6. The van der Waals surface area contributed by atoms with Crippen molar-refractivity contribution < 1.29 is 0 Å². The minimum Gasteiger partial charge on any atom is -0.384 e. The Balaban J connectivity index is 1.79. The molecular weight excluding hydrogens is 432 g/mol. The lowest BCUT2D eigenvalue weighted by Gasteiger charge is -2.29. The molecule has 0 aliphatic carbocycles. The van der Waals surface area contributed by atoms with E-state index < -0.39 is 0 Å². The van der Waals surface area contributed by atoms with Crippen LogP contribution in [-0.4, -0.2) is 42.1 Å². The van der Waals surface area contributed by atoms with Crippen LogP contribution in [0.1, 0.15) is 44.9 Å². The van der Waals surface area contributed by atoms with Crippen LogP contribution in [0.4, 0.5) is 23.1 Å². The van der Waals surface area contributed by atoms with Crippen LogP contribution < -0.4 is 15.5 Å². The van der Waals surface area contributed by atoms with Gasteiger partial charge in [-0.05, 0) is 69.6 Å². The lowest BCUT2D eigenvalue weighted by atomic mass is 9.93. The first-order valence-corrected chi connectivity index (χ1v) is 12.0. The molecule has 1 aromatic heterocycles. The summed E-state index contributed by atoms with van der Waals surface area (Å²) in [6, 6.07) is 21.8. The molecule has 0 spiro atoms. The summed E-state index contributed by atoms with van der Waals surface area (Å²) in [5, 5.41) is 7.00. The smallest absolute Gasteiger partial charge is 0.225 e. The van der Waals surface area contributed by atoms with Gasteiger partial charge in [0.1, 0.15) is 5.82 Å². The Morgan fingerprint density at radius 2 is 1.80 bits per heavy atom. The van der Waals surface area contributed by atoms with Gasteiger partial charge in [0.25, 0.3) is 0 Å². The van der Waals surface area contributed by atoms with Gasteiger partial charge in [0.05, 0.1) is 11.7 Å². The quantitative estimate of drug-likeness (QED) is 0.277. The zero-order valence-electron chi connectivity index (χ0n) is 22.1. The van der Waals surface area contributed by atoms with Gasteiger partial charge in [0, 0.05) is 37.1 Å². The molecule has 6 heteroatoms. The zero-order valence-corrected chi connectivity index (χ0v) is 22.1. The van der Waals surface area contributed by atoms with E-state index in [1.165, 1.54) is 5.56 Å². The number of nitrogens with one attached hydrogen (secondary N) is 2. The molecule has 0 radical (unpaired) electrons. The fourth-order valence-electron chi connectivity index (χ4n) is 4.18. The molecule has 3 aromatic rings. The molecule has 0 saturated heterocycles. The van der Waals surface area contributed by atoms with Gasteiger partial charge in [-0.1, -0.05) is 50.1 Å². The Labute approximate surface area is 210 Å². The van der Waals surface area contributed by atoms with Gasteiger partial charge in [-0.3, -0.25) is 4.90 Å². The number of nitrogens with zero attached hydrogens (tertiary/aromatic N) is 4. The second-order valence-electron chi connectivity index (χ2n) is 9.97. The molecule has 0 aliphatic heterocycles. The first kappa shape index (κ1) is 26.1. The van der Waals surface area contributed by atoms with E-state index in [1.807, 2.05) is 36.1 Å². The number of hydrogen-bond donors (Lipinski definition) is 2. The van der Waals surface area contributed by atoms with Crippen LogP contribution in [0.25, 0.3) is 0 Å². The van der Waals surface area contributed by atoms with E-state index in [2.05, 4.69) is 105 Å². The van der Waals surface area contributed by atoms with E-state index in [9.17, 15) is 0 Å². The van der Waals surface area contributed by atoms with Crippen LogP contribution >= 0.6 is 0 Å². The van der Waals surface area contributed by atoms with Crippen molar-refractivity contribution in [1.29, 1.82) is 0 Å². The van der Waals surface area contributed by atoms with Crippen LogP contribution in [0, 0.1) is 24.3 Å². The van der Waals surface area contributed by atoms with E-state index in [0.29, 0.717) is 5.95 Å². The van der Waals surface area contributed by atoms with Crippen LogP contribution in [-0.2, 0) is 0 Å². The summed E-state index contributed by atoms with van der Waals surface area (Å²) in [6.07, 6.45) is 1.77. The summed E-state index contributed by atoms with van der Waals surface area (Å²) in [6.45, 7) is 12.5. The van der Waals surface area contributed by atoms with Crippen LogP contribution in [0.3, 0.4) is 0 Å². The number of hydrogen-bond acceptors (Lipinski definition) is 6. The highest BCUT2D eigenvalue weighted by Gasteiger charge is 2.19. The third-order valence-corrected chi connectivity index (χ3v) is 5.69. The molecule has 35 heavy (non-hydrogen) atoms. The van der Waals surface area contributed by atoms with Crippen molar-refractivity contribution in [3.63, 3.8) is 0 Å². The lowest BCUT2D eigenvalue weighted by Crippen LogP contribution is -2.34. The second-order valence-corrected chi connectivity index (χ2v) is 9.97. The van der Waals surface area contributed by atoms with Crippen LogP contribution in [0.5, 0.6) is 0 Å². The third-order valence-electron chi connectivity index (χ3n) is 5.69. The summed E-state index contributed by atoms with van der Waals surface area (Å²) < 4.78 is 0. The van der Waals surface area contributed by atoms with Crippen molar-refractivity contribution in [1.82, 2.24) is 14.9 Å². The maximum absolute atomic E-state index is 4.77. The normalized spacial score (nSPS) is 12.0. The molecule has 0 bridgehead atoms. The number of benzene rings is 2. The maximum atomic E-state index is 4.77. The average Bonchev–Trinajstić information content (AvgIpc) is 2.82. The van der Waals surface area contributed by atoms with Gasteiger partial charge in [0.15, 0.2) is 0 Å². The Hall–Kier alpha value is -3.56. The largest absolute Gasteiger partial charge is 0.384 e. The van der Waals surface area contributed by atoms with Crippen molar-refractivity contribution in [2.75, 3.05) is 42.7 Å². The van der Waals surface area contributed by atoms with Gasteiger partial charge >= 0.3 is 0 Å². The first-order valence-electron chi connectivity index (χ1n) is 12.0. The fourth-order valence-corrected chi connectivity index (χ4v) is 4.18. The van der Waals surface area contributed by atoms with E-state index >= 15 is 0 Å². The second kappa shape index (κ2) is 11.7. The standard InChI is InChI=1S/C29H38N6/c1-8-18-35(26-15-14-25(19-22(26)2)31-20-29(4,5)21-34(6)7)27-16-17-30-28(33-27)32-23(3)24-12-10-9-11-13-24/h9-17,19,23,31H,20-21H2,1-7H3,(H,30,32,33)/t23-/m0/s1. The lowest BCUT2D eigenvalue weighted by molar-refractivity contribution is 0.254. The highest BCUT2D eigenvalue weighted by atomic mass is 15.2. The molecule has 6 nitrogen and oxygen atoms in total. The summed E-state index contributed by atoms with van der Waals surface area (Å²) in [7, 11) is 4.22. The van der Waals surface area contributed by atoms with E-state index in [4.69, 9.17) is 4.98 Å². The molecule has 184 valence electrons. The minimum atomic E-state index is 0.0843. The maximum Gasteiger partial charge on any atom is 0.225 e. The number of rotatable bonds is 10. The number of anilines is 4. The topological polar surface area (TPSA) is 56.3 Å². The van der Waals surface area contributed by atoms with Gasteiger partial charge in [-0.2, -0.15) is 4.98 Å². The van der Waals surface area contributed by atoms with Gasteiger partial charge in [-0.15, -0.1) is 0 Å². The first-order chi connectivity index (χ1) is 16.7. The third kappa shape index (κ3) is 7.46. The summed E-state index contributed by atoms with van der Waals surface area (Å²) in [4.78, 5) is 13.4. The summed E-state index contributed by atoms with van der Waals surface area (Å²) in [5.41, 5.74) is 4.56. The molecule has 0 aliphatic rings. The Morgan fingerprint density at radius 1 is 1.06 bits per heavy atom. The minimum absolute atomic E-state index is 0.0843. The summed E-state index contributed by atoms with van der Waals surface area (Å²) in [5.74, 6) is 4.33. The average molecular weight is 471 g/mol. The molecule has 0 amide bonds. The van der Waals surface area contributed by atoms with Crippen molar-refractivity contribution in [2.24, 2.45) is 5.41 Å². The highest BCUT2D eigenvalue weighted by molar-refractivity contribution is 5.71. The van der Waals surface area contributed by atoms with Gasteiger partial charge in [-0.25, -0.2) is 4.98 Å². The number of aromatic nitrogens is 2. The predicted octanol–water partition coefficient (Wildman–Crippen LogP) is 6.08. The highest BCUT2D eigenvalue weighted by Crippen LogP contribution is 2.30. The van der Waals surface area contributed by atoms with Crippen molar-refractivity contribution in [3.05, 3.63) is 71.9 Å². The Bertz CT molecular complexity index is 1160. The van der Waals surface area contributed by atoms with Gasteiger partial charge in [0.2, 0.25) is 5.95 Å². The van der Waals surface area contributed by atoms with Crippen molar-refractivity contribution in [2.45, 2.75) is 40.7 Å². The Kier molecular flexibility index (Phi) is 8.73. The monoisotopic (exact) mass is 470 g/mol. The molecule has 0 fully saturated rings. The van der Waals surface area contributed by atoms with Crippen molar-refractivity contribution >= 4 is 23.1 Å². The van der Waals surface area contributed by atoms with E-state index in [-0.39, 0.29) is 11.5 Å². The van der Waals surface area contributed by atoms with Crippen LogP contribution in [0.15, 0.2) is 60.8 Å². The van der Waals surface area contributed by atoms with E-state index in [1.54, 1.807) is 6.20 Å². The molecule has 3 rings (SSSR count). The SMILES string of the molecule is CC#CN(c1ccnc(N[C@@H](C)c2ccccc2)n1)c1ccc(NCC(C)(C)CN(C)C)cc1C. The Morgan fingerprint density at radius 3 is 2.46 bits per heavy atom. The molecule has 1 atom stereocenters. The van der Waals surface area contributed by atoms with Crippen molar-refractivity contribution in [3.8, 4) is 12.0 Å². The molecule has 2 aromatic carbocycles. The van der Waals surface area contributed by atoms with Crippen LogP contribution in [0.2, 0.25) is 0 Å².